The summed E-state index contributed by atoms with van der Waals surface area (Å²) in [6, 6.07) is 0. The number of rotatable bonds is 5. The first kappa shape index (κ1) is 12.9. The number of amides is 1. The Bertz CT molecular complexity index is 204. The monoisotopic (exact) mass is 201 g/mol. The molecule has 14 heavy (non-hydrogen) atoms. The van der Waals surface area contributed by atoms with Crippen LogP contribution < -0.4 is 0 Å². The van der Waals surface area contributed by atoms with E-state index in [9.17, 15) is 9.59 Å². The van der Waals surface area contributed by atoms with Crippen LogP contribution in [0.3, 0.4) is 0 Å². The lowest BCUT2D eigenvalue weighted by atomic mass is 10.1. The summed E-state index contributed by atoms with van der Waals surface area (Å²) < 4.78 is 4.74. The van der Waals surface area contributed by atoms with Crippen LogP contribution in [-0.2, 0) is 14.3 Å². The van der Waals surface area contributed by atoms with Gasteiger partial charge in [-0.2, -0.15) is 0 Å². The van der Waals surface area contributed by atoms with Crippen LogP contribution in [0.2, 0.25) is 0 Å². The molecule has 4 heteroatoms. The van der Waals surface area contributed by atoms with Gasteiger partial charge in [0, 0.05) is 13.0 Å². The van der Waals surface area contributed by atoms with Crippen molar-refractivity contribution >= 4 is 11.9 Å². The maximum Gasteiger partial charge on any atom is 0.325 e. The highest BCUT2D eigenvalue weighted by Gasteiger charge is 2.18. The molecule has 0 heterocycles. The van der Waals surface area contributed by atoms with Crippen molar-refractivity contribution in [2.24, 2.45) is 5.92 Å². The van der Waals surface area contributed by atoms with Crippen molar-refractivity contribution in [1.29, 1.82) is 0 Å². The van der Waals surface area contributed by atoms with Crippen molar-refractivity contribution in [2.45, 2.75) is 27.2 Å². The second-order valence-corrected chi connectivity index (χ2v) is 3.31. The molecule has 0 aliphatic carbocycles. The average molecular weight is 201 g/mol. The van der Waals surface area contributed by atoms with E-state index >= 15 is 0 Å². The molecule has 0 aliphatic rings. The van der Waals surface area contributed by atoms with Crippen LogP contribution in [0.15, 0.2) is 0 Å². The van der Waals surface area contributed by atoms with Crippen molar-refractivity contribution in [2.75, 3.05) is 20.2 Å². The Labute approximate surface area is 85.2 Å². The van der Waals surface area contributed by atoms with Crippen molar-refractivity contribution in [3.8, 4) is 0 Å². The zero-order chi connectivity index (χ0) is 11.1. The van der Waals surface area contributed by atoms with E-state index in [4.69, 9.17) is 4.74 Å². The van der Waals surface area contributed by atoms with Gasteiger partial charge in [0.1, 0.15) is 6.54 Å². The third-order valence-electron chi connectivity index (χ3n) is 2.08. The van der Waals surface area contributed by atoms with Gasteiger partial charge in [0.2, 0.25) is 5.91 Å². The zero-order valence-electron chi connectivity index (χ0n) is 9.37. The van der Waals surface area contributed by atoms with Crippen molar-refractivity contribution in [1.82, 2.24) is 4.90 Å². The maximum atomic E-state index is 11.5. The summed E-state index contributed by atoms with van der Waals surface area (Å²) in [4.78, 5) is 24.0. The van der Waals surface area contributed by atoms with Gasteiger partial charge < -0.3 is 9.64 Å². The molecule has 0 spiro atoms. The van der Waals surface area contributed by atoms with Crippen molar-refractivity contribution < 1.29 is 14.3 Å². The fraction of sp³-hybridized carbons (Fsp3) is 0.800. The van der Waals surface area contributed by atoms with E-state index in [1.807, 2.05) is 13.8 Å². The molecule has 0 aromatic carbocycles. The first-order valence-electron chi connectivity index (χ1n) is 4.93. The predicted molar refractivity (Wildman–Crippen MR) is 53.7 cm³/mol. The number of carbonyl (C=O) groups excluding carboxylic acids is 2. The molecule has 1 atom stereocenters. The van der Waals surface area contributed by atoms with Crippen molar-refractivity contribution in [3.63, 3.8) is 0 Å². The van der Waals surface area contributed by atoms with E-state index in [2.05, 4.69) is 0 Å². The van der Waals surface area contributed by atoms with Crippen LogP contribution in [0.25, 0.3) is 0 Å². The number of likely N-dealkylation sites (N-methyl/N-ethyl adjacent to an activating group) is 1. The van der Waals surface area contributed by atoms with E-state index < -0.39 is 0 Å². The van der Waals surface area contributed by atoms with Gasteiger partial charge in [-0.25, -0.2) is 0 Å². The summed E-state index contributed by atoms with van der Waals surface area (Å²) in [6.45, 7) is 5.93. The number of hydrogen-bond donors (Lipinski definition) is 0. The summed E-state index contributed by atoms with van der Waals surface area (Å²) in [5.74, 6) is -0.401. The van der Waals surface area contributed by atoms with Gasteiger partial charge in [-0.15, -0.1) is 0 Å². The summed E-state index contributed by atoms with van der Waals surface area (Å²) in [5, 5.41) is 0. The lowest BCUT2D eigenvalue weighted by Gasteiger charge is -2.19. The number of nitrogens with zero attached hydrogens (tertiary/aromatic N) is 1. The lowest BCUT2D eigenvalue weighted by Crippen LogP contribution is -2.36. The Hall–Kier alpha value is -1.06. The Morgan fingerprint density at radius 2 is 1.93 bits per heavy atom. The molecule has 82 valence electrons. The summed E-state index contributed by atoms with van der Waals surface area (Å²) in [6.07, 6.45) is 0.784. The van der Waals surface area contributed by atoms with E-state index in [0.29, 0.717) is 6.61 Å². The van der Waals surface area contributed by atoms with E-state index in [1.165, 1.54) is 4.90 Å². The third kappa shape index (κ3) is 4.25. The number of hydrogen-bond acceptors (Lipinski definition) is 3. The van der Waals surface area contributed by atoms with Crippen LogP contribution in [0.4, 0.5) is 0 Å². The molecule has 1 unspecified atom stereocenters. The van der Waals surface area contributed by atoms with Gasteiger partial charge in [0.05, 0.1) is 6.61 Å². The molecule has 0 fully saturated rings. The maximum absolute atomic E-state index is 11.5. The molecule has 0 rings (SSSR count). The Kier molecular flexibility index (Phi) is 5.92. The van der Waals surface area contributed by atoms with Gasteiger partial charge in [-0.3, -0.25) is 9.59 Å². The topological polar surface area (TPSA) is 46.6 Å². The second kappa shape index (κ2) is 6.40. The highest BCUT2D eigenvalue weighted by atomic mass is 16.5. The molecule has 1 amide bonds. The van der Waals surface area contributed by atoms with Gasteiger partial charge in [0.15, 0.2) is 0 Å². The van der Waals surface area contributed by atoms with Gasteiger partial charge >= 0.3 is 5.97 Å². The molecule has 0 aliphatic heterocycles. The summed E-state index contributed by atoms with van der Waals surface area (Å²) in [7, 11) is 1.62. The molecular formula is C10H19NO3. The standard InChI is InChI=1S/C10H19NO3/c1-5-8(3)10(13)11(4)7-9(12)14-6-2/h8H,5-7H2,1-4H3. The summed E-state index contributed by atoms with van der Waals surface area (Å²) >= 11 is 0. The Balaban J connectivity index is 4.01. The SMILES string of the molecule is CCOC(=O)CN(C)C(=O)C(C)CC. The Morgan fingerprint density at radius 3 is 2.36 bits per heavy atom. The third-order valence-corrected chi connectivity index (χ3v) is 2.08. The minimum atomic E-state index is -0.355. The van der Waals surface area contributed by atoms with Crippen LogP contribution in [0, 0.1) is 5.92 Å². The molecule has 0 aromatic heterocycles. The molecular weight excluding hydrogens is 182 g/mol. The van der Waals surface area contributed by atoms with E-state index in [0.717, 1.165) is 6.42 Å². The minimum absolute atomic E-state index is 0.0134. The smallest absolute Gasteiger partial charge is 0.325 e. The quantitative estimate of drug-likeness (QED) is 0.625. The van der Waals surface area contributed by atoms with Gasteiger partial charge in [-0.05, 0) is 13.3 Å². The molecule has 4 nitrogen and oxygen atoms in total. The van der Waals surface area contributed by atoms with Crippen molar-refractivity contribution in [3.05, 3.63) is 0 Å². The van der Waals surface area contributed by atoms with Crippen LogP contribution in [-0.4, -0.2) is 37.0 Å². The largest absolute Gasteiger partial charge is 0.465 e. The normalized spacial score (nSPS) is 12.0. The first-order valence-corrected chi connectivity index (χ1v) is 4.93. The fourth-order valence-corrected chi connectivity index (χ4v) is 1.03. The first-order chi connectivity index (χ1) is 6.52. The molecule has 0 saturated carbocycles. The second-order valence-electron chi connectivity index (χ2n) is 3.31. The van der Waals surface area contributed by atoms with Crippen LogP contribution in [0.5, 0.6) is 0 Å². The number of ether oxygens (including phenoxy) is 1. The molecule has 0 bridgehead atoms. The highest BCUT2D eigenvalue weighted by molar-refractivity contribution is 5.83. The number of esters is 1. The van der Waals surface area contributed by atoms with Gasteiger partial charge in [0.25, 0.3) is 0 Å². The molecule has 0 radical (unpaired) electrons. The highest BCUT2D eigenvalue weighted by Crippen LogP contribution is 2.04. The van der Waals surface area contributed by atoms with Crippen LogP contribution >= 0.6 is 0 Å². The Morgan fingerprint density at radius 1 is 1.36 bits per heavy atom. The lowest BCUT2D eigenvalue weighted by molar-refractivity contribution is -0.149. The zero-order valence-corrected chi connectivity index (χ0v) is 9.37. The molecule has 0 saturated heterocycles. The number of carbonyl (C=O) groups is 2. The molecule has 0 aromatic rings. The summed E-state index contributed by atoms with van der Waals surface area (Å²) in [5.41, 5.74) is 0. The predicted octanol–water partition coefficient (Wildman–Crippen LogP) is 1.05. The van der Waals surface area contributed by atoms with Gasteiger partial charge in [-0.1, -0.05) is 13.8 Å². The van der Waals surface area contributed by atoms with E-state index in [-0.39, 0.29) is 24.3 Å². The fourth-order valence-electron chi connectivity index (χ4n) is 1.03. The minimum Gasteiger partial charge on any atom is -0.465 e. The average Bonchev–Trinajstić information content (AvgIpc) is 2.15. The van der Waals surface area contributed by atoms with E-state index in [1.54, 1.807) is 14.0 Å². The molecule has 0 N–H and O–H groups in total. The van der Waals surface area contributed by atoms with Crippen LogP contribution in [0.1, 0.15) is 27.2 Å².